The zero-order chi connectivity index (χ0) is 17.9. The van der Waals surface area contributed by atoms with Crippen LogP contribution in [0.15, 0.2) is 72.1 Å². The number of ketones is 2. The summed E-state index contributed by atoms with van der Waals surface area (Å²) < 4.78 is 0. The van der Waals surface area contributed by atoms with Gasteiger partial charge >= 0.3 is 0 Å². The number of hydrogen-bond donors (Lipinski definition) is 2. The van der Waals surface area contributed by atoms with Gasteiger partial charge in [-0.05, 0) is 26.0 Å². The summed E-state index contributed by atoms with van der Waals surface area (Å²) in [4.78, 5) is 21.3. The van der Waals surface area contributed by atoms with Gasteiger partial charge in [0, 0.05) is 17.1 Å². The molecule has 0 atom stereocenters. The van der Waals surface area contributed by atoms with Crippen LogP contribution in [0.2, 0.25) is 0 Å². The van der Waals surface area contributed by atoms with Crippen LogP contribution in [-0.4, -0.2) is 11.6 Å². The van der Waals surface area contributed by atoms with Crippen molar-refractivity contribution in [2.45, 2.75) is 27.7 Å². The molecule has 0 unspecified atom stereocenters. The van der Waals surface area contributed by atoms with Crippen molar-refractivity contribution >= 4 is 22.9 Å². The monoisotopic (exact) mass is 380 g/mol. The Balaban J connectivity index is 0.000000443. The molecule has 2 aromatic rings. The van der Waals surface area contributed by atoms with E-state index >= 15 is 0 Å². The smallest absolute Gasteiger partial charge is 0.145 e. The molecule has 0 amide bonds. The summed E-state index contributed by atoms with van der Waals surface area (Å²) >= 11 is 0. The summed E-state index contributed by atoms with van der Waals surface area (Å²) in [6.45, 7) is 6.81. The third-order valence-electron chi connectivity index (χ3n) is 2.85. The average Bonchev–Trinajstić information content (AvgIpc) is 3.11. The van der Waals surface area contributed by atoms with Gasteiger partial charge in [0.1, 0.15) is 11.6 Å². The fraction of sp³-hybridized carbons (Fsp3) is 0.200. The van der Waals surface area contributed by atoms with Crippen molar-refractivity contribution in [2.75, 3.05) is 10.6 Å². The van der Waals surface area contributed by atoms with E-state index in [9.17, 15) is 9.59 Å². The van der Waals surface area contributed by atoms with E-state index in [-0.39, 0.29) is 28.6 Å². The molecule has 25 heavy (non-hydrogen) atoms. The van der Waals surface area contributed by atoms with Crippen molar-refractivity contribution in [3.63, 3.8) is 0 Å². The molecule has 2 rings (SSSR count). The van der Waals surface area contributed by atoms with Crippen LogP contribution in [0.25, 0.3) is 0 Å². The predicted octanol–water partition coefficient (Wildman–Crippen LogP) is 4.62. The zero-order valence-electron chi connectivity index (χ0n) is 14.9. The molecule has 0 bridgehead atoms. The van der Waals surface area contributed by atoms with E-state index in [2.05, 4.69) is 10.6 Å². The molecule has 0 aliphatic rings. The first-order valence-electron chi connectivity index (χ1n) is 7.72. The first-order valence-corrected chi connectivity index (χ1v) is 7.72. The van der Waals surface area contributed by atoms with Crippen molar-refractivity contribution in [1.82, 2.24) is 0 Å². The maximum Gasteiger partial charge on any atom is 0.145 e. The molecular formula is C20H24FeN2O2-2. The molecule has 0 aliphatic heterocycles. The number of anilines is 2. The third-order valence-corrected chi connectivity index (χ3v) is 2.85. The summed E-state index contributed by atoms with van der Waals surface area (Å²) in [5.41, 5.74) is 3.78. The number of rotatable bonds is 6. The summed E-state index contributed by atoms with van der Waals surface area (Å²) in [5.74, 6) is 0.123. The standard InChI is InChI=1S/2C10H12NO.Fe/c2*1-8(7-9(2)12)11-10-5-3-4-6-10;/h2*3-7,11H,1-2H3;/q2*-1;. The molecule has 4 nitrogen and oxygen atoms in total. The molecule has 5 heteroatoms. The SMILES string of the molecule is CC(=O)C=C(C)N[c-]1cccc1.CC(=O)C=C(C)N[c-]1cccc1.[Fe]. The van der Waals surface area contributed by atoms with E-state index in [1.165, 1.54) is 13.8 Å². The maximum absolute atomic E-state index is 10.7. The van der Waals surface area contributed by atoms with Gasteiger partial charge in [-0.3, -0.25) is 9.59 Å². The van der Waals surface area contributed by atoms with Gasteiger partial charge in [0.25, 0.3) is 0 Å². The van der Waals surface area contributed by atoms with Gasteiger partial charge in [-0.15, -0.1) is 24.3 Å². The summed E-state index contributed by atoms with van der Waals surface area (Å²) in [6, 6.07) is 15.6. The second kappa shape index (κ2) is 12.1. The van der Waals surface area contributed by atoms with Crippen LogP contribution >= 0.6 is 0 Å². The van der Waals surface area contributed by atoms with Crippen LogP contribution in [0.5, 0.6) is 0 Å². The molecule has 0 spiro atoms. The molecule has 2 aromatic carbocycles. The number of hydrogen-bond acceptors (Lipinski definition) is 4. The first kappa shape index (κ1) is 22.6. The van der Waals surface area contributed by atoms with Crippen molar-refractivity contribution in [3.05, 3.63) is 72.1 Å². The number of carbonyl (C=O) groups excluding carboxylic acids is 2. The van der Waals surface area contributed by atoms with Gasteiger partial charge in [-0.1, -0.05) is 36.6 Å². The Kier molecular flexibility index (Phi) is 10.9. The largest absolute Gasteiger partial charge is 0.437 e. The van der Waals surface area contributed by atoms with E-state index in [1.54, 1.807) is 12.2 Å². The minimum Gasteiger partial charge on any atom is -0.437 e. The topological polar surface area (TPSA) is 58.2 Å². The van der Waals surface area contributed by atoms with Crippen LogP contribution in [0.3, 0.4) is 0 Å². The van der Waals surface area contributed by atoms with Crippen molar-refractivity contribution in [2.24, 2.45) is 0 Å². The first-order chi connectivity index (χ1) is 11.4. The van der Waals surface area contributed by atoms with Crippen LogP contribution in [0, 0.1) is 0 Å². The molecule has 0 saturated heterocycles. The number of nitrogens with one attached hydrogen (secondary N) is 2. The Morgan fingerprint density at radius 2 is 0.960 bits per heavy atom. The Morgan fingerprint density at radius 3 is 1.20 bits per heavy atom. The van der Waals surface area contributed by atoms with Gasteiger partial charge in [0.05, 0.1) is 0 Å². The molecule has 0 saturated carbocycles. The van der Waals surface area contributed by atoms with Crippen LogP contribution in [-0.2, 0) is 26.7 Å². The van der Waals surface area contributed by atoms with E-state index in [0.717, 1.165) is 22.8 Å². The van der Waals surface area contributed by atoms with Crippen molar-refractivity contribution in [1.29, 1.82) is 0 Å². The molecule has 2 N–H and O–H groups in total. The van der Waals surface area contributed by atoms with E-state index in [1.807, 2.05) is 62.4 Å². The molecule has 0 fully saturated rings. The minimum atomic E-state index is 0. The molecule has 0 heterocycles. The Labute approximate surface area is 160 Å². The molecular weight excluding hydrogens is 356 g/mol. The predicted molar refractivity (Wildman–Crippen MR) is 100 cm³/mol. The Morgan fingerprint density at radius 1 is 0.680 bits per heavy atom. The Bertz CT molecular complexity index is 634. The Hall–Kier alpha value is -2.36. The summed E-state index contributed by atoms with van der Waals surface area (Å²) in [5, 5.41) is 6.19. The van der Waals surface area contributed by atoms with Crippen LogP contribution < -0.4 is 10.6 Å². The normalized spacial score (nSPS) is 10.9. The fourth-order valence-corrected chi connectivity index (χ4v) is 2.05. The van der Waals surface area contributed by atoms with Gasteiger partial charge in [0.2, 0.25) is 0 Å². The van der Waals surface area contributed by atoms with Gasteiger partial charge in [0.15, 0.2) is 0 Å². The summed E-state index contributed by atoms with van der Waals surface area (Å²) in [6.07, 6.45) is 3.15. The fourth-order valence-electron chi connectivity index (χ4n) is 2.05. The summed E-state index contributed by atoms with van der Waals surface area (Å²) in [7, 11) is 0. The van der Waals surface area contributed by atoms with Gasteiger partial charge in [-0.25, -0.2) is 0 Å². The molecule has 0 aliphatic carbocycles. The van der Waals surface area contributed by atoms with Gasteiger partial charge < -0.3 is 10.6 Å². The number of carbonyl (C=O) groups is 2. The quantitative estimate of drug-likeness (QED) is 0.436. The second-order valence-corrected chi connectivity index (χ2v) is 5.47. The minimum absolute atomic E-state index is 0. The average molecular weight is 380 g/mol. The van der Waals surface area contributed by atoms with Gasteiger partial charge in [-0.2, -0.15) is 24.3 Å². The van der Waals surface area contributed by atoms with Crippen molar-refractivity contribution < 1.29 is 26.7 Å². The van der Waals surface area contributed by atoms with Crippen LogP contribution in [0.1, 0.15) is 27.7 Å². The number of allylic oxidation sites excluding steroid dienone is 4. The second-order valence-electron chi connectivity index (χ2n) is 5.47. The molecule has 0 radical (unpaired) electrons. The van der Waals surface area contributed by atoms with Crippen LogP contribution in [0.4, 0.5) is 11.4 Å². The van der Waals surface area contributed by atoms with Crippen molar-refractivity contribution in [3.8, 4) is 0 Å². The van der Waals surface area contributed by atoms with E-state index in [0.29, 0.717) is 0 Å². The van der Waals surface area contributed by atoms with E-state index < -0.39 is 0 Å². The molecule has 136 valence electrons. The molecule has 0 aromatic heterocycles. The maximum atomic E-state index is 10.7. The zero-order valence-corrected chi connectivity index (χ0v) is 16.0. The van der Waals surface area contributed by atoms with E-state index in [4.69, 9.17) is 0 Å². The third kappa shape index (κ3) is 10.9.